The number of hydrogen-bond donors (Lipinski definition) is 2. The maximum absolute atomic E-state index is 12.8. The smallest absolute Gasteiger partial charge is 0.406 e. The number of terminal acetylenes is 1. The van der Waals surface area contributed by atoms with E-state index in [0.717, 1.165) is 4.90 Å². The van der Waals surface area contributed by atoms with Crippen LogP contribution in [0.3, 0.4) is 0 Å². The molecule has 0 saturated carbocycles. The zero-order valence-corrected chi connectivity index (χ0v) is 9.96. The number of carbonyl (C=O) groups excluding carboxylic acids is 1. The van der Waals surface area contributed by atoms with E-state index >= 15 is 0 Å². The van der Waals surface area contributed by atoms with Crippen molar-refractivity contribution >= 4 is 12.0 Å². The summed E-state index contributed by atoms with van der Waals surface area (Å²) in [5.74, 6) is 0.306. The number of urea groups is 1. The molecule has 0 aromatic heterocycles. The molecule has 0 aromatic rings. The number of aliphatic carboxylic acids is 1. The molecule has 1 atom stereocenters. The van der Waals surface area contributed by atoms with Crippen molar-refractivity contribution in [1.29, 1.82) is 0 Å². The van der Waals surface area contributed by atoms with Gasteiger partial charge in [0, 0.05) is 26.1 Å². The molecule has 2 N–H and O–H groups in total. The van der Waals surface area contributed by atoms with Gasteiger partial charge < -0.3 is 15.3 Å². The molecule has 0 bridgehead atoms. The van der Waals surface area contributed by atoms with Gasteiger partial charge >= 0.3 is 18.2 Å². The molecule has 1 aliphatic rings. The molecule has 1 saturated heterocycles. The fourth-order valence-corrected chi connectivity index (χ4v) is 1.86. The first kappa shape index (κ1) is 15.1. The lowest BCUT2D eigenvalue weighted by molar-refractivity contribution is -0.226. The first-order valence-electron chi connectivity index (χ1n) is 5.51. The minimum Gasteiger partial charge on any atom is -0.481 e. The van der Waals surface area contributed by atoms with Crippen LogP contribution < -0.4 is 5.32 Å². The van der Waals surface area contributed by atoms with Crippen LogP contribution in [-0.4, -0.2) is 47.8 Å². The van der Waals surface area contributed by atoms with E-state index in [0.29, 0.717) is 0 Å². The topological polar surface area (TPSA) is 69.6 Å². The summed E-state index contributed by atoms with van der Waals surface area (Å²) in [4.78, 5) is 23.3. The minimum atomic E-state index is -4.90. The summed E-state index contributed by atoms with van der Waals surface area (Å²) in [6.45, 7) is -1.00. The molecule has 1 fully saturated rings. The summed E-state index contributed by atoms with van der Waals surface area (Å²) in [6.07, 6.45) is -0.321. The zero-order valence-electron chi connectivity index (χ0n) is 9.96. The Hall–Kier alpha value is -1.91. The Morgan fingerprint density at radius 1 is 1.47 bits per heavy atom. The second-order valence-corrected chi connectivity index (χ2v) is 4.24. The highest BCUT2D eigenvalue weighted by molar-refractivity contribution is 5.80. The molecular formula is C11H13F3N2O3. The highest BCUT2D eigenvalue weighted by Gasteiger charge is 2.64. The second kappa shape index (κ2) is 5.38. The largest absolute Gasteiger partial charge is 0.481 e. The van der Waals surface area contributed by atoms with Crippen LogP contribution in [0.5, 0.6) is 0 Å². The molecule has 0 radical (unpaired) electrons. The van der Waals surface area contributed by atoms with Gasteiger partial charge in [0.15, 0.2) is 5.41 Å². The third kappa shape index (κ3) is 2.92. The SMILES string of the molecule is C#CCCNC(=O)N1CCC(C(=O)O)(C(F)(F)F)C1. The fraction of sp³-hybridized carbons (Fsp3) is 0.636. The lowest BCUT2D eigenvalue weighted by Crippen LogP contribution is -2.49. The molecule has 1 heterocycles. The number of hydrogen-bond acceptors (Lipinski definition) is 2. The van der Waals surface area contributed by atoms with E-state index in [-0.39, 0.29) is 19.5 Å². The Bertz CT molecular complexity index is 416. The molecule has 0 aliphatic carbocycles. The van der Waals surface area contributed by atoms with E-state index in [1.54, 1.807) is 0 Å². The van der Waals surface area contributed by atoms with Crippen LogP contribution in [0, 0.1) is 17.8 Å². The maximum Gasteiger partial charge on any atom is 0.406 e. The van der Waals surface area contributed by atoms with Crippen molar-refractivity contribution in [3.05, 3.63) is 0 Å². The molecular weight excluding hydrogens is 265 g/mol. The molecule has 8 heteroatoms. The van der Waals surface area contributed by atoms with Gasteiger partial charge in [0.1, 0.15) is 0 Å². The number of alkyl halides is 3. The number of nitrogens with one attached hydrogen (secondary N) is 1. The average molecular weight is 278 g/mol. The van der Waals surface area contributed by atoms with Crippen molar-refractivity contribution in [3.63, 3.8) is 0 Å². The third-order valence-electron chi connectivity index (χ3n) is 3.05. The zero-order chi connectivity index (χ0) is 14.7. The van der Waals surface area contributed by atoms with E-state index < -0.39 is 36.6 Å². The van der Waals surface area contributed by atoms with Gasteiger partial charge in [0.2, 0.25) is 0 Å². The Kier molecular flexibility index (Phi) is 4.29. The van der Waals surface area contributed by atoms with Gasteiger partial charge in [-0.15, -0.1) is 12.3 Å². The van der Waals surface area contributed by atoms with Crippen molar-refractivity contribution in [2.75, 3.05) is 19.6 Å². The number of rotatable bonds is 3. The highest BCUT2D eigenvalue weighted by atomic mass is 19.4. The first-order chi connectivity index (χ1) is 8.74. The highest BCUT2D eigenvalue weighted by Crippen LogP contribution is 2.45. The van der Waals surface area contributed by atoms with E-state index in [1.807, 2.05) is 0 Å². The summed E-state index contributed by atoms with van der Waals surface area (Å²) in [5.41, 5.74) is -2.88. The van der Waals surface area contributed by atoms with Crippen molar-refractivity contribution in [2.45, 2.75) is 19.0 Å². The molecule has 0 aromatic carbocycles. The fourth-order valence-electron chi connectivity index (χ4n) is 1.86. The lowest BCUT2D eigenvalue weighted by atomic mass is 9.86. The Balaban J connectivity index is 2.73. The van der Waals surface area contributed by atoms with Crippen LogP contribution >= 0.6 is 0 Å². The van der Waals surface area contributed by atoms with Crippen molar-refractivity contribution in [1.82, 2.24) is 10.2 Å². The molecule has 5 nitrogen and oxygen atoms in total. The lowest BCUT2D eigenvalue weighted by Gasteiger charge is -2.27. The Morgan fingerprint density at radius 2 is 2.11 bits per heavy atom. The van der Waals surface area contributed by atoms with Crippen LogP contribution in [0.25, 0.3) is 0 Å². The standard InChI is InChI=1S/C11H13F3N2O3/c1-2-3-5-15-9(19)16-6-4-10(7-16,8(17)18)11(12,13)14/h1H,3-7H2,(H,15,19)(H,17,18). The van der Waals surface area contributed by atoms with E-state index in [1.165, 1.54) is 0 Å². The number of carboxylic acid groups (broad SMARTS) is 1. The van der Waals surface area contributed by atoms with Gasteiger partial charge in [-0.3, -0.25) is 4.79 Å². The van der Waals surface area contributed by atoms with E-state index in [2.05, 4.69) is 11.2 Å². The summed E-state index contributed by atoms with van der Waals surface area (Å²) < 4.78 is 38.5. The quantitative estimate of drug-likeness (QED) is 0.599. The van der Waals surface area contributed by atoms with E-state index in [9.17, 15) is 22.8 Å². The van der Waals surface area contributed by atoms with Crippen LogP contribution in [0.4, 0.5) is 18.0 Å². The summed E-state index contributed by atoms with van der Waals surface area (Å²) in [6, 6.07) is -0.734. The molecule has 2 amide bonds. The predicted molar refractivity (Wildman–Crippen MR) is 59.2 cm³/mol. The Morgan fingerprint density at radius 3 is 2.53 bits per heavy atom. The summed E-state index contributed by atoms with van der Waals surface area (Å²) >= 11 is 0. The van der Waals surface area contributed by atoms with Gasteiger partial charge in [0.05, 0.1) is 0 Å². The molecule has 0 spiro atoms. The van der Waals surface area contributed by atoms with Gasteiger partial charge in [-0.05, 0) is 6.42 Å². The first-order valence-corrected chi connectivity index (χ1v) is 5.51. The molecule has 1 aliphatic heterocycles. The second-order valence-electron chi connectivity index (χ2n) is 4.24. The number of carbonyl (C=O) groups is 2. The average Bonchev–Trinajstić information content (AvgIpc) is 2.74. The van der Waals surface area contributed by atoms with Crippen LogP contribution in [0.15, 0.2) is 0 Å². The Labute approximate surface area is 107 Å². The van der Waals surface area contributed by atoms with Crippen LogP contribution in [-0.2, 0) is 4.79 Å². The van der Waals surface area contributed by atoms with Gasteiger partial charge in [-0.25, -0.2) is 4.79 Å². The van der Waals surface area contributed by atoms with Gasteiger partial charge in [0.25, 0.3) is 0 Å². The van der Waals surface area contributed by atoms with Crippen molar-refractivity contribution in [3.8, 4) is 12.3 Å². The number of amides is 2. The van der Waals surface area contributed by atoms with Gasteiger partial charge in [-0.1, -0.05) is 0 Å². The molecule has 1 unspecified atom stereocenters. The monoisotopic (exact) mass is 278 g/mol. The molecule has 1 rings (SSSR count). The summed E-state index contributed by atoms with van der Waals surface area (Å²) in [7, 11) is 0. The normalized spacial score (nSPS) is 22.9. The van der Waals surface area contributed by atoms with Crippen molar-refractivity contribution < 1.29 is 27.9 Å². The predicted octanol–water partition coefficient (Wildman–Crippen LogP) is 1.06. The van der Waals surface area contributed by atoms with Crippen LogP contribution in [0.2, 0.25) is 0 Å². The number of halogens is 3. The van der Waals surface area contributed by atoms with E-state index in [4.69, 9.17) is 11.5 Å². The third-order valence-corrected chi connectivity index (χ3v) is 3.05. The number of carboxylic acids is 1. The summed E-state index contributed by atoms with van der Waals surface area (Å²) in [5, 5.41) is 11.1. The maximum atomic E-state index is 12.8. The van der Waals surface area contributed by atoms with Crippen LogP contribution in [0.1, 0.15) is 12.8 Å². The van der Waals surface area contributed by atoms with Gasteiger partial charge in [-0.2, -0.15) is 13.2 Å². The molecule has 106 valence electrons. The molecule has 19 heavy (non-hydrogen) atoms. The number of likely N-dealkylation sites (tertiary alicyclic amines) is 1. The number of nitrogens with zero attached hydrogens (tertiary/aromatic N) is 1. The van der Waals surface area contributed by atoms with Crippen molar-refractivity contribution in [2.24, 2.45) is 5.41 Å². The minimum absolute atomic E-state index is 0.137.